The zero-order chi connectivity index (χ0) is 32.6. The van der Waals surface area contributed by atoms with Gasteiger partial charge in [0.1, 0.15) is 17.2 Å². The molecule has 6 atom stereocenters. The van der Waals surface area contributed by atoms with Gasteiger partial charge < -0.3 is 44.3 Å². The quantitative estimate of drug-likeness (QED) is 0.216. The number of anilines is 1. The molecule has 3 heterocycles. The number of aliphatic hydroxyl groups excluding tert-OH is 2. The Labute approximate surface area is 274 Å². The van der Waals surface area contributed by atoms with E-state index in [-0.39, 0.29) is 35.8 Å². The molecule has 3 aliphatic heterocycles. The SMILES string of the molecule is COc1cc(C2COc3cc4c5c(c3C2O)CCc2c(OC)cc(OC36CCCCC3C=CC(C)N6)c(c2-5)C(O)N4)cc(OC)c1O. The van der Waals surface area contributed by atoms with Crippen LogP contribution in [0, 0.1) is 5.92 Å². The number of hydrogen-bond donors (Lipinski definition) is 5. The van der Waals surface area contributed by atoms with Gasteiger partial charge in [0.15, 0.2) is 23.5 Å². The van der Waals surface area contributed by atoms with E-state index in [1.807, 2.05) is 12.1 Å². The second-order valence-corrected chi connectivity index (χ2v) is 13.4. The third kappa shape index (κ3) is 4.56. The van der Waals surface area contributed by atoms with Crippen LogP contribution < -0.4 is 34.3 Å². The van der Waals surface area contributed by atoms with E-state index in [1.54, 1.807) is 19.2 Å². The zero-order valence-electron chi connectivity index (χ0n) is 27.2. The molecule has 10 nitrogen and oxygen atoms in total. The molecule has 248 valence electrons. The first kappa shape index (κ1) is 30.2. The molecule has 2 aliphatic carbocycles. The van der Waals surface area contributed by atoms with Crippen molar-refractivity contribution in [2.24, 2.45) is 5.92 Å². The normalized spacial score (nSPS) is 28.2. The topological polar surface area (TPSA) is 131 Å². The summed E-state index contributed by atoms with van der Waals surface area (Å²) >= 11 is 0. The molecule has 0 aromatic heterocycles. The number of phenols is 1. The number of aliphatic hydroxyl groups is 2. The van der Waals surface area contributed by atoms with Crippen molar-refractivity contribution in [1.29, 1.82) is 0 Å². The molecule has 8 rings (SSSR count). The minimum absolute atomic E-state index is 0.0942. The molecule has 3 aromatic rings. The van der Waals surface area contributed by atoms with Gasteiger partial charge in [-0.15, -0.1) is 0 Å². The maximum atomic E-state index is 12.1. The molecular formula is C37H42N2O8. The average Bonchev–Trinajstić information content (AvgIpc) is 3.07. The number of methoxy groups -OCH3 is 3. The number of ether oxygens (including phenoxy) is 5. The van der Waals surface area contributed by atoms with Crippen LogP contribution in [0.15, 0.2) is 36.4 Å². The molecular weight excluding hydrogens is 600 g/mol. The van der Waals surface area contributed by atoms with Crippen molar-refractivity contribution >= 4 is 5.69 Å². The zero-order valence-corrected chi connectivity index (χ0v) is 27.2. The lowest BCUT2D eigenvalue weighted by Gasteiger charge is -2.48. The maximum Gasteiger partial charge on any atom is 0.200 e. The molecule has 0 radical (unpaired) electrons. The van der Waals surface area contributed by atoms with Gasteiger partial charge in [-0.25, -0.2) is 0 Å². The second-order valence-electron chi connectivity index (χ2n) is 13.4. The fourth-order valence-electron chi connectivity index (χ4n) is 8.63. The van der Waals surface area contributed by atoms with Gasteiger partial charge in [0.25, 0.3) is 0 Å². The maximum absolute atomic E-state index is 12.1. The van der Waals surface area contributed by atoms with Crippen molar-refractivity contribution in [3.8, 4) is 45.6 Å². The van der Waals surface area contributed by atoms with Gasteiger partial charge in [-0.3, -0.25) is 5.32 Å². The van der Waals surface area contributed by atoms with Crippen LogP contribution >= 0.6 is 0 Å². The standard InChI is InChI=1S/C37H42N2O8/c1-18-8-9-20-7-5-6-12-37(20,39-18)47-27-16-25(43-2)21-10-11-22-30-24(38-36(42)33(27)32(21)30)15-26-31(22)34(40)23(17-46-26)19-13-28(44-3)35(41)29(14-19)45-4/h8-9,13-16,18,20,23,34,36,38-42H,5-7,10-12,17H2,1-4H3. The number of hydrogen-bond acceptors (Lipinski definition) is 10. The second kappa shape index (κ2) is 11.2. The Morgan fingerprint density at radius 1 is 0.851 bits per heavy atom. The van der Waals surface area contributed by atoms with Crippen LogP contribution in [-0.2, 0) is 12.8 Å². The Bertz CT molecular complexity index is 1760. The molecule has 10 heteroatoms. The van der Waals surface area contributed by atoms with E-state index >= 15 is 0 Å². The molecule has 1 fully saturated rings. The van der Waals surface area contributed by atoms with Crippen LogP contribution in [0.1, 0.15) is 78.7 Å². The van der Waals surface area contributed by atoms with Crippen molar-refractivity contribution in [2.75, 3.05) is 33.3 Å². The third-order valence-electron chi connectivity index (χ3n) is 10.8. The van der Waals surface area contributed by atoms with Gasteiger partial charge in [0, 0.05) is 64.4 Å². The van der Waals surface area contributed by atoms with Crippen LogP contribution in [0.25, 0.3) is 11.1 Å². The van der Waals surface area contributed by atoms with Gasteiger partial charge in [0.2, 0.25) is 5.75 Å². The minimum Gasteiger partial charge on any atom is -0.502 e. The predicted octanol–water partition coefficient (Wildman–Crippen LogP) is 5.62. The van der Waals surface area contributed by atoms with E-state index in [9.17, 15) is 15.3 Å². The van der Waals surface area contributed by atoms with Crippen molar-refractivity contribution < 1.29 is 39.0 Å². The van der Waals surface area contributed by atoms with Crippen molar-refractivity contribution in [2.45, 2.75) is 75.5 Å². The summed E-state index contributed by atoms with van der Waals surface area (Å²) in [5.41, 5.74) is 6.13. The van der Waals surface area contributed by atoms with E-state index in [0.29, 0.717) is 29.9 Å². The van der Waals surface area contributed by atoms with Crippen molar-refractivity contribution in [1.82, 2.24) is 5.32 Å². The van der Waals surface area contributed by atoms with Crippen molar-refractivity contribution in [3.63, 3.8) is 0 Å². The highest BCUT2D eigenvalue weighted by atomic mass is 16.5. The first-order valence-corrected chi connectivity index (χ1v) is 16.6. The lowest BCUT2D eigenvalue weighted by molar-refractivity contribution is -0.0467. The molecule has 5 aliphatic rings. The smallest absolute Gasteiger partial charge is 0.200 e. The summed E-state index contributed by atoms with van der Waals surface area (Å²) in [6.45, 7) is 2.35. The summed E-state index contributed by atoms with van der Waals surface area (Å²) in [6, 6.07) is 7.43. The predicted molar refractivity (Wildman–Crippen MR) is 176 cm³/mol. The third-order valence-corrected chi connectivity index (χ3v) is 10.8. The molecule has 0 amide bonds. The summed E-state index contributed by atoms with van der Waals surface area (Å²) in [6.07, 6.45) is 7.98. The lowest BCUT2D eigenvalue weighted by Crippen LogP contribution is -2.61. The highest BCUT2D eigenvalue weighted by Gasteiger charge is 2.47. The first-order valence-electron chi connectivity index (χ1n) is 16.6. The number of fused-ring (bicyclic) bond motifs is 3. The van der Waals surface area contributed by atoms with Crippen LogP contribution in [0.2, 0.25) is 0 Å². The fourth-order valence-corrected chi connectivity index (χ4v) is 8.63. The molecule has 0 spiro atoms. The number of rotatable bonds is 6. The molecule has 0 saturated heterocycles. The highest BCUT2D eigenvalue weighted by Crippen LogP contribution is 2.58. The van der Waals surface area contributed by atoms with Gasteiger partial charge in [0.05, 0.1) is 39.6 Å². The molecule has 5 N–H and O–H groups in total. The fraction of sp³-hybridized carbons (Fsp3) is 0.459. The van der Waals surface area contributed by atoms with E-state index in [0.717, 1.165) is 70.5 Å². The van der Waals surface area contributed by atoms with E-state index in [2.05, 4.69) is 29.7 Å². The van der Waals surface area contributed by atoms with Crippen LogP contribution in [0.3, 0.4) is 0 Å². The summed E-state index contributed by atoms with van der Waals surface area (Å²) in [7, 11) is 4.64. The Morgan fingerprint density at radius 2 is 1.60 bits per heavy atom. The molecule has 1 saturated carbocycles. The number of aromatic hydroxyl groups is 1. The molecule has 6 unspecified atom stereocenters. The summed E-state index contributed by atoms with van der Waals surface area (Å²) in [4.78, 5) is 0. The number of phenolic OH excluding ortho intramolecular Hbond substituents is 1. The van der Waals surface area contributed by atoms with E-state index in [1.165, 1.54) is 14.2 Å². The van der Waals surface area contributed by atoms with Gasteiger partial charge in [-0.2, -0.15) is 0 Å². The monoisotopic (exact) mass is 642 g/mol. The average molecular weight is 643 g/mol. The molecule has 47 heavy (non-hydrogen) atoms. The van der Waals surface area contributed by atoms with Crippen molar-refractivity contribution in [3.05, 3.63) is 64.2 Å². The number of nitrogens with one attached hydrogen (secondary N) is 2. The van der Waals surface area contributed by atoms with Gasteiger partial charge in [-0.1, -0.05) is 18.6 Å². The van der Waals surface area contributed by atoms with E-state index in [4.69, 9.17) is 23.7 Å². The summed E-state index contributed by atoms with van der Waals surface area (Å²) < 4.78 is 30.2. The van der Waals surface area contributed by atoms with Crippen LogP contribution in [0.5, 0.6) is 34.5 Å². The molecule has 0 bridgehead atoms. The minimum atomic E-state index is -1.02. The Kier molecular flexibility index (Phi) is 7.23. The number of benzene rings is 3. The summed E-state index contributed by atoms with van der Waals surface area (Å²) in [5, 5.41) is 41.4. The molecule has 3 aromatic carbocycles. The van der Waals surface area contributed by atoms with Gasteiger partial charge >= 0.3 is 0 Å². The Balaban J connectivity index is 1.27. The largest absolute Gasteiger partial charge is 0.502 e. The van der Waals surface area contributed by atoms with E-state index < -0.39 is 24.0 Å². The van der Waals surface area contributed by atoms with Crippen LogP contribution in [0.4, 0.5) is 5.69 Å². The Morgan fingerprint density at radius 3 is 2.34 bits per heavy atom. The lowest BCUT2D eigenvalue weighted by atomic mass is 9.74. The summed E-state index contributed by atoms with van der Waals surface area (Å²) in [5.74, 6) is 2.11. The Hall–Kier alpha value is -4.12. The first-order chi connectivity index (χ1) is 22.8. The highest BCUT2D eigenvalue weighted by molar-refractivity contribution is 5.93. The van der Waals surface area contributed by atoms with Gasteiger partial charge in [-0.05, 0) is 55.9 Å². The van der Waals surface area contributed by atoms with Crippen LogP contribution in [-0.4, -0.2) is 55.0 Å².